The minimum atomic E-state index is 0. The molecule has 0 aromatic heterocycles. The Morgan fingerprint density at radius 1 is 1.30 bits per heavy atom. The fourth-order valence-electron chi connectivity index (χ4n) is 2.47. The minimum Gasteiger partial charge on any atom is -0.379 e. The van der Waals surface area contributed by atoms with Crippen molar-refractivity contribution in [2.75, 3.05) is 45.9 Å². The number of nitrogens with one attached hydrogen (secondary N) is 2. The SMILES string of the molecule is CC(CN1CCOCC1)NC(=O)C(C)C1CNC1.Cl.Cl. The predicted octanol–water partition coefficient (Wildman–Crippen LogP) is 0.522. The van der Waals surface area contributed by atoms with Crippen LogP contribution in [-0.4, -0.2) is 62.8 Å². The van der Waals surface area contributed by atoms with Crippen molar-refractivity contribution < 1.29 is 9.53 Å². The quantitative estimate of drug-likeness (QED) is 0.773. The van der Waals surface area contributed by atoms with Crippen LogP contribution < -0.4 is 10.6 Å². The van der Waals surface area contributed by atoms with E-state index in [0.717, 1.165) is 45.9 Å². The molecule has 0 aromatic carbocycles. The van der Waals surface area contributed by atoms with Crippen LogP contribution >= 0.6 is 24.8 Å². The Morgan fingerprint density at radius 2 is 1.90 bits per heavy atom. The van der Waals surface area contributed by atoms with E-state index in [9.17, 15) is 4.79 Å². The number of morpholine rings is 1. The highest BCUT2D eigenvalue weighted by molar-refractivity contribution is 5.85. The Labute approximate surface area is 134 Å². The van der Waals surface area contributed by atoms with Gasteiger partial charge < -0.3 is 15.4 Å². The molecule has 2 aliphatic heterocycles. The molecule has 2 N–H and O–H groups in total. The van der Waals surface area contributed by atoms with Gasteiger partial charge in [0.25, 0.3) is 0 Å². The molecular weight excluding hydrogens is 301 g/mol. The number of hydrogen-bond acceptors (Lipinski definition) is 4. The van der Waals surface area contributed by atoms with Crippen LogP contribution in [0.1, 0.15) is 13.8 Å². The number of halogens is 2. The van der Waals surface area contributed by atoms with Gasteiger partial charge in [0.1, 0.15) is 0 Å². The van der Waals surface area contributed by atoms with Crippen LogP contribution in [-0.2, 0) is 9.53 Å². The summed E-state index contributed by atoms with van der Waals surface area (Å²) in [7, 11) is 0. The third-order valence-corrected chi connectivity index (χ3v) is 3.96. The van der Waals surface area contributed by atoms with Gasteiger partial charge in [-0.15, -0.1) is 24.8 Å². The van der Waals surface area contributed by atoms with Gasteiger partial charge in [0, 0.05) is 31.6 Å². The number of ether oxygens (including phenoxy) is 1. The number of rotatable bonds is 5. The molecule has 20 heavy (non-hydrogen) atoms. The van der Waals surface area contributed by atoms with E-state index < -0.39 is 0 Å². The summed E-state index contributed by atoms with van der Waals surface area (Å²) in [6.07, 6.45) is 0. The highest BCUT2D eigenvalue weighted by atomic mass is 35.5. The number of carbonyl (C=O) groups excluding carboxylic acids is 1. The molecule has 0 saturated carbocycles. The maximum absolute atomic E-state index is 12.0. The molecule has 2 saturated heterocycles. The standard InChI is InChI=1S/C13H25N3O2.2ClH/c1-10(9-16-3-5-18-6-4-16)15-13(17)11(2)12-7-14-8-12;;/h10-12,14H,3-9H2,1-2H3,(H,15,17);2*1H. The smallest absolute Gasteiger partial charge is 0.223 e. The van der Waals surface area contributed by atoms with Crippen molar-refractivity contribution in [3.8, 4) is 0 Å². The largest absolute Gasteiger partial charge is 0.379 e. The van der Waals surface area contributed by atoms with Gasteiger partial charge in [-0.25, -0.2) is 0 Å². The van der Waals surface area contributed by atoms with Crippen molar-refractivity contribution in [2.45, 2.75) is 19.9 Å². The van der Waals surface area contributed by atoms with Crippen LogP contribution in [0.4, 0.5) is 0 Å². The second-order valence-electron chi connectivity index (χ2n) is 5.53. The second kappa shape index (κ2) is 9.79. The summed E-state index contributed by atoms with van der Waals surface area (Å²) in [5.41, 5.74) is 0. The molecule has 2 atom stereocenters. The summed E-state index contributed by atoms with van der Waals surface area (Å²) in [5, 5.41) is 6.34. The first-order valence-corrected chi connectivity index (χ1v) is 6.98. The molecule has 0 aliphatic carbocycles. The van der Waals surface area contributed by atoms with Crippen molar-refractivity contribution in [3.63, 3.8) is 0 Å². The number of nitrogens with zero attached hydrogens (tertiary/aromatic N) is 1. The normalized spacial score (nSPS) is 22.7. The van der Waals surface area contributed by atoms with Gasteiger partial charge in [-0.05, 0) is 25.9 Å². The van der Waals surface area contributed by atoms with Crippen molar-refractivity contribution in [1.29, 1.82) is 0 Å². The molecule has 1 amide bonds. The summed E-state index contributed by atoms with van der Waals surface area (Å²) in [5.74, 6) is 0.834. The molecule has 0 bridgehead atoms. The van der Waals surface area contributed by atoms with E-state index in [1.165, 1.54) is 0 Å². The molecule has 0 spiro atoms. The Bertz CT molecular complexity index is 285. The molecule has 2 rings (SSSR count). The summed E-state index contributed by atoms with van der Waals surface area (Å²) in [4.78, 5) is 14.4. The van der Waals surface area contributed by atoms with E-state index in [1.54, 1.807) is 0 Å². The lowest BCUT2D eigenvalue weighted by atomic mass is 9.88. The first-order valence-electron chi connectivity index (χ1n) is 6.98. The van der Waals surface area contributed by atoms with Crippen molar-refractivity contribution in [3.05, 3.63) is 0 Å². The summed E-state index contributed by atoms with van der Waals surface area (Å²) in [6.45, 7) is 10.6. The average molecular weight is 328 g/mol. The van der Waals surface area contributed by atoms with E-state index in [0.29, 0.717) is 5.92 Å². The third-order valence-electron chi connectivity index (χ3n) is 3.96. The zero-order chi connectivity index (χ0) is 13.0. The summed E-state index contributed by atoms with van der Waals surface area (Å²) in [6, 6.07) is 0.214. The van der Waals surface area contributed by atoms with Crippen LogP contribution in [0.25, 0.3) is 0 Å². The van der Waals surface area contributed by atoms with E-state index in [2.05, 4.69) is 22.5 Å². The topological polar surface area (TPSA) is 53.6 Å². The van der Waals surface area contributed by atoms with Gasteiger partial charge in [0.05, 0.1) is 13.2 Å². The summed E-state index contributed by atoms with van der Waals surface area (Å²) >= 11 is 0. The van der Waals surface area contributed by atoms with Crippen molar-refractivity contribution in [2.24, 2.45) is 11.8 Å². The molecule has 5 nitrogen and oxygen atoms in total. The van der Waals surface area contributed by atoms with E-state index in [4.69, 9.17) is 4.74 Å². The van der Waals surface area contributed by atoms with Gasteiger partial charge in [-0.3, -0.25) is 9.69 Å². The highest BCUT2D eigenvalue weighted by Crippen LogP contribution is 2.16. The third kappa shape index (κ3) is 5.74. The molecular formula is C13H27Cl2N3O2. The monoisotopic (exact) mass is 327 g/mol. The number of amides is 1. The molecule has 120 valence electrons. The van der Waals surface area contributed by atoms with E-state index in [1.807, 2.05) is 6.92 Å². The van der Waals surface area contributed by atoms with Crippen LogP contribution in [0, 0.1) is 11.8 Å². The van der Waals surface area contributed by atoms with E-state index >= 15 is 0 Å². The lowest BCUT2D eigenvalue weighted by Gasteiger charge is -2.33. The van der Waals surface area contributed by atoms with Gasteiger partial charge in [0.2, 0.25) is 5.91 Å². The predicted molar refractivity (Wildman–Crippen MR) is 84.9 cm³/mol. The first-order chi connectivity index (χ1) is 8.66. The van der Waals surface area contributed by atoms with Gasteiger partial charge >= 0.3 is 0 Å². The Kier molecular flexibility index (Phi) is 9.76. The number of hydrogen-bond donors (Lipinski definition) is 2. The maximum Gasteiger partial charge on any atom is 0.223 e. The van der Waals surface area contributed by atoms with E-state index in [-0.39, 0.29) is 42.7 Å². The van der Waals surface area contributed by atoms with Gasteiger partial charge in [-0.2, -0.15) is 0 Å². The van der Waals surface area contributed by atoms with Crippen LogP contribution in [0.2, 0.25) is 0 Å². The fraction of sp³-hybridized carbons (Fsp3) is 0.923. The molecule has 7 heteroatoms. The fourth-order valence-corrected chi connectivity index (χ4v) is 2.47. The zero-order valence-electron chi connectivity index (χ0n) is 12.3. The molecule has 2 heterocycles. The molecule has 0 aromatic rings. The number of carbonyl (C=O) groups is 1. The first kappa shape index (κ1) is 19.9. The second-order valence-corrected chi connectivity index (χ2v) is 5.53. The molecule has 0 radical (unpaired) electrons. The molecule has 2 unspecified atom stereocenters. The molecule has 2 aliphatic rings. The van der Waals surface area contributed by atoms with Crippen LogP contribution in [0.3, 0.4) is 0 Å². The van der Waals surface area contributed by atoms with Crippen molar-refractivity contribution >= 4 is 30.7 Å². The maximum atomic E-state index is 12.0. The average Bonchev–Trinajstić information content (AvgIpc) is 2.27. The van der Waals surface area contributed by atoms with Crippen LogP contribution in [0.5, 0.6) is 0 Å². The van der Waals surface area contributed by atoms with Crippen LogP contribution in [0.15, 0.2) is 0 Å². The van der Waals surface area contributed by atoms with Gasteiger partial charge in [-0.1, -0.05) is 6.92 Å². The summed E-state index contributed by atoms with van der Waals surface area (Å²) < 4.78 is 5.32. The molecule has 2 fully saturated rings. The minimum absolute atomic E-state index is 0. The lowest BCUT2D eigenvalue weighted by Crippen LogP contribution is -2.52. The highest BCUT2D eigenvalue weighted by Gasteiger charge is 2.29. The lowest BCUT2D eigenvalue weighted by molar-refractivity contribution is -0.127. The van der Waals surface area contributed by atoms with Crippen molar-refractivity contribution in [1.82, 2.24) is 15.5 Å². The zero-order valence-corrected chi connectivity index (χ0v) is 13.9. The van der Waals surface area contributed by atoms with Gasteiger partial charge in [0.15, 0.2) is 0 Å². The Hall–Kier alpha value is -0.0700. The Balaban J connectivity index is 0.00000180. The Morgan fingerprint density at radius 3 is 2.40 bits per heavy atom.